The molecule has 2 aromatic heterocycles. The van der Waals surface area contributed by atoms with Crippen molar-refractivity contribution in [1.29, 1.82) is 0 Å². The lowest BCUT2D eigenvalue weighted by atomic mass is 10.0. The first kappa shape index (κ1) is 16.1. The number of hydrogen-bond donors (Lipinski definition) is 0. The van der Waals surface area contributed by atoms with Crippen molar-refractivity contribution in [2.24, 2.45) is 11.8 Å². The van der Waals surface area contributed by atoms with Crippen LogP contribution in [0.3, 0.4) is 0 Å². The Morgan fingerprint density at radius 2 is 1.56 bits per heavy atom. The molecule has 0 amide bonds. The van der Waals surface area contributed by atoms with E-state index in [1.54, 1.807) is 6.33 Å². The molecular weight excluding hydrogens is 331 g/mol. The zero-order valence-electron chi connectivity index (χ0n) is 13.7. The highest BCUT2D eigenvalue weighted by molar-refractivity contribution is 5.45. The van der Waals surface area contributed by atoms with Gasteiger partial charge in [-0.05, 0) is 19.1 Å². The number of hydrogen-bond acceptors (Lipinski definition) is 5. The third-order valence-electron chi connectivity index (χ3n) is 5.00. The van der Waals surface area contributed by atoms with Crippen LogP contribution in [0.1, 0.15) is 11.3 Å². The molecule has 2 aliphatic rings. The molecule has 25 heavy (non-hydrogen) atoms. The van der Waals surface area contributed by atoms with Gasteiger partial charge in [-0.2, -0.15) is 13.2 Å². The molecule has 0 aromatic carbocycles. The number of anilines is 2. The summed E-state index contributed by atoms with van der Waals surface area (Å²) in [6.45, 7) is 5.36. The van der Waals surface area contributed by atoms with Crippen LogP contribution in [-0.2, 0) is 6.18 Å². The Kier molecular flexibility index (Phi) is 3.77. The molecule has 0 bridgehead atoms. The molecule has 2 aromatic rings. The normalized spacial score (nSPS) is 23.2. The van der Waals surface area contributed by atoms with Crippen molar-refractivity contribution in [2.75, 3.05) is 36.0 Å². The molecule has 5 nitrogen and oxygen atoms in total. The van der Waals surface area contributed by atoms with Crippen LogP contribution in [0.25, 0.3) is 0 Å². The summed E-state index contributed by atoms with van der Waals surface area (Å²) in [5.74, 6) is 2.51. The van der Waals surface area contributed by atoms with E-state index in [0.29, 0.717) is 17.7 Å². The van der Waals surface area contributed by atoms with Gasteiger partial charge in [0.05, 0.1) is 5.56 Å². The van der Waals surface area contributed by atoms with Crippen molar-refractivity contribution in [3.63, 3.8) is 0 Å². The summed E-state index contributed by atoms with van der Waals surface area (Å²) >= 11 is 0. The van der Waals surface area contributed by atoms with Crippen molar-refractivity contribution >= 4 is 11.6 Å². The van der Waals surface area contributed by atoms with Crippen molar-refractivity contribution in [3.05, 3.63) is 42.0 Å². The van der Waals surface area contributed by atoms with Crippen molar-refractivity contribution in [3.8, 4) is 0 Å². The molecule has 2 saturated heterocycles. The Labute approximate surface area is 143 Å². The van der Waals surface area contributed by atoms with E-state index in [4.69, 9.17) is 0 Å². The number of rotatable bonds is 2. The van der Waals surface area contributed by atoms with E-state index in [2.05, 4.69) is 24.8 Å². The second-order valence-electron chi connectivity index (χ2n) is 6.75. The van der Waals surface area contributed by atoms with Crippen LogP contribution in [0.15, 0.2) is 30.7 Å². The van der Waals surface area contributed by atoms with Crippen LogP contribution in [0, 0.1) is 18.8 Å². The van der Waals surface area contributed by atoms with Gasteiger partial charge in [-0.3, -0.25) is 0 Å². The summed E-state index contributed by atoms with van der Waals surface area (Å²) in [4.78, 5) is 16.8. The smallest absolute Gasteiger partial charge is 0.356 e. The first-order valence-electron chi connectivity index (χ1n) is 8.22. The van der Waals surface area contributed by atoms with E-state index in [1.165, 1.54) is 6.07 Å². The van der Waals surface area contributed by atoms with Crippen LogP contribution in [0.2, 0.25) is 0 Å². The van der Waals surface area contributed by atoms with E-state index in [0.717, 1.165) is 50.0 Å². The van der Waals surface area contributed by atoms with Gasteiger partial charge in [0.25, 0.3) is 0 Å². The Bertz CT molecular complexity index is 748. The van der Waals surface area contributed by atoms with E-state index >= 15 is 0 Å². The molecule has 8 heteroatoms. The highest BCUT2D eigenvalue weighted by Crippen LogP contribution is 2.36. The third kappa shape index (κ3) is 3.12. The molecule has 0 aliphatic carbocycles. The number of pyridine rings is 1. The van der Waals surface area contributed by atoms with E-state index in [-0.39, 0.29) is 0 Å². The molecule has 2 fully saturated rings. The molecule has 132 valence electrons. The predicted octanol–water partition coefficient (Wildman–Crippen LogP) is 2.77. The van der Waals surface area contributed by atoms with Crippen LogP contribution in [-0.4, -0.2) is 41.1 Å². The first-order valence-corrected chi connectivity index (χ1v) is 8.22. The molecule has 0 saturated carbocycles. The van der Waals surface area contributed by atoms with E-state index in [1.807, 2.05) is 13.0 Å². The maximum Gasteiger partial charge on any atom is 0.417 e. The van der Waals surface area contributed by atoms with Gasteiger partial charge in [0.2, 0.25) is 0 Å². The van der Waals surface area contributed by atoms with Gasteiger partial charge < -0.3 is 9.80 Å². The molecule has 0 spiro atoms. The average Bonchev–Trinajstić information content (AvgIpc) is 3.13. The SMILES string of the molecule is Cc1cc(N2CC3CN(c4ccc(C(F)(F)F)cn4)CC3C2)ncn1. The van der Waals surface area contributed by atoms with Gasteiger partial charge in [0.1, 0.15) is 18.0 Å². The number of alkyl halides is 3. The van der Waals surface area contributed by atoms with E-state index < -0.39 is 11.7 Å². The lowest BCUT2D eigenvalue weighted by Gasteiger charge is -2.23. The van der Waals surface area contributed by atoms with Crippen LogP contribution in [0.4, 0.5) is 24.8 Å². The standard InChI is InChI=1S/C17H18F3N5/c1-11-4-16(23-10-22-11)25-8-12-6-24(7-13(12)9-25)15-3-2-14(5-21-15)17(18,19)20/h2-5,10,12-13H,6-9H2,1H3. The van der Waals surface area contributed by atoms with Crippen molar-refractivity contribution in [2.45, 2.75) is 13.1 Å². The highest BCUT2D eigenvalue weighted by atomic mass is 19.4. The first-order chi connectivity index (χ1) is 11.9. The summed E-state index contributed by atoms with van der Waals surface area (Å²) in [5, 5.41) is 0. The largest absolute Gasteiger partial charge is 0.417 e. The number of fused-ring (bicyclic) bond motifs is 1. The maximum absolute atomic E-state index is 12.6. The fraction of sp³-hybridized carbons (Fsp3) is 0.471. The zero-order chi connectivity index (χ0) is 17.6. The minimum absolute atomic E-state index is 0.472. The number of aromatic nitrogens is 3. The van der Waals surface area contributed by atoms with Gasteiger partial charge in [-0.25, -0.2) is 15.0 Å². The van der Waals surface area contributed by atoms with Crippen molar-refractivity contribution < 1.29 is 13.2 Å². The summed E-state index contributed by atoms with van der Waals surface area (Å²) in [5.41, 5.74) is 0.235. The van der Waals surface area contributed by atoms with Crippen LogP contribution in [0.5, 0.6) is 0 Å². The second kappa shape index (κ2) is 5.86. The van der Waals surface area contributed by atoms with Crippen molar-refractivity contribution in [1.82, 2.24) is 15.0 Å². The maximum atomic E-state index is 12.6. The minimum atomic E-state index is -4.34. The van der Waals surface area contributed by atoms with Gasteiger partial charge in [0, 0.05) is 56.0 Å². The Balaban J connectivity index is 1.42. The lowest BCUT2D eigenvalue weighted by molar-refractivity contribution is -0.137. The fourth-order valence-corrected chi connectivity index (χ4v) is 3.72. The second-order valence-corrected chi connectivity index (χ2v) is 6.75. The van der Waals surface area contributed by atoms with Crippen LogP contribution >= 0.6 is 0 Å². The number of aryl methyl sites for hydroxylation is 1. The molecule has 0 radical (unpaired) electrons. The predicted molar refractivity (Wildman–Crippen MR) is 87.4 cm³/mol. The topological polar surface area (TPSA) is 45.2 Å². The van der Waals surface area contributed by atoms with Gasteiger partial charge in [-0.1, -0.05) is 0 Å². The molecule has 4 heterocycles. The minimum Gasteiger partial charge on any atom is -0.356 e. The molecule has 4 rings (SSSR count). The molecule has 2 aliphatic heterocycles. The lowest BCUT2D eigenvalue weighted by Crippen LogP contribution is -2.29. The van der Waals surface area contributed by atoms with Crippen LogP contribution < -0.4 is 9.80 Å². The average molecular weight is 349 g/mol. The summed E-state index contributed by atoms with van der Waals surface area (Å²) < 4.78 is 37.9. The molecule has 2 atom stereocenters. The molecule has 0 N–H and O–H groups in total. The molecular formula is C17H18F3N5. The van der Waals surface area contributed by atoms with Gasteiger partial charge in [-0.15, -0.1) is 0 Å². The number of halogens is 3. The summed E-state index contributed by atoms with van der Waals surface area (Å²) in [6, 6.07) is 4.55. The summed E-state index contributed by atoms with van der Waals surface area (Å²) in [6.07, 6.45) is -1.85. The highest BCUT2D eigenvalue weighted by Gasteiger charge is 2.41. The Morgan fingerprint density at radius 1 is 0.920 bits per heavy atom. The fourth-order valence-electron chi connectivity index (χ4n) is 3.72. The number of nitrogens with zero attached hydrogens (tertiary/aromatic N) is 5. The monoisotopic (exact) mass is 349 g/mol. The van der Waals surface area contributed by atoms with E-state index in [9.17, 15) is 13.2 Å². The quantitative estimate of drug-likeness (QED) is 0.834. The summed E-state index contributed by atoms with van der Waals surface area (Å²) in [7, 11) is 0. The molecule has 2 unspecified atom stereocenters. The zero-order valence-corrected chi connectivity index (χ0v) is 13.7. The third-order valence-corrected chi connectivity index (χ3v) is 5.00. The van der Waals surface area contributed by atoms with Gasteiger partial charge >= 0.3 is 6.18 Å². The Morgan fingerprint density at radius 3 is 2.08 bits per heavy atom. The Hall–Kier alpha value is -2.38. The van der Waals surface area contributed by atoms with Gasteiger partial charge in [0.15, 0.2) is 0 Å².